The number of nitrogens with two attached hydrogens (primary N) is 1. The molecule has 1 aromatic rings. The highest BCUT2D eigenvalue weighted by Gasteiger charge is 2.30. The molecule has 2 atom stereocenters. The number of carbonyl (C=O) groups is 1. The van der Waals surface area contributed by atoms with Crippen LogP contribution in [0.5, 0.6) is 0 Å². The van der Waals surface area contributed by atoms with E-state index in [1.54, 1.807) is 6.92 Å². The second kappa shape index (κ2) is 7.08. The van der Waals surface area contributed by atoms with Crippen LogP contribution in [0, 0.1) is 26.7 Å². The van der Waals surface area contributed by atoms with E-state index in [0.717, 1.165) is 19.3 Å². The average molecular weight is 291 g/mol. The van der Waals surface area contributed by atoms with Gasteiger partial charge in [-0.1, -0.05) is 31.0 Å². The molecule has 0 aliphatic rings. The van der Waals surface area contributed by atoms with Crippen LogP contribution in [0.15, 0.2) is 12.1 Å². The predicted molar refractivity (Wildman–Crippen MR) is 87.6 cm³/mol. The first-order chi connectivity index (χ1) is 9.67. The Bertz CT molecular complexity index is 483. The van der Waals surface area contributed by atoms with Crippen molar-refractivity contribution in [1.29, 1.82) is 0 Å². The number of hydrogen-bond acceptors (Lipinski definition) is 2. The van der Waals surface area contributed by atoms with Crippen molar-refractivity contribution in [2.45, 2.75) is 65.8 Å². The van der Waals surface area contributed by atoms with Crippen LogP contribution in [-0.4, -0.2) is 16.6 Å². The summed E-state index contributed by atoms with van der Waals surface area (Å²) in [5, 5.41) is 9.16. The summed E-state index contributed by atoms with van der Waals surface area (Å²) >= 11 is 0. The van der Waals surface area contributed by atoms with Gasteiger partial charge in [-0.3, -0.25) is 4.79 Å². The van der Waals surface area contributed by atoms with Gasteiger partial charge in [0.05, 0.1) is 0 Å². The smallest absolute Gasteiger partial charge is 0.323 e. The van der Waals surface area contributed by atoms with Gasteiger partial charge >= 0.3 is 5.97 Å². The molecule has 0 aliphatic heterocycles. The molecule has 2 unspecified atom stereocenters. The summed E-state index contributed by atoms with van der Waals surface area (Å²) in [7, 11) is 0. The molecule has 0 spiro atoms. The van der Waals surface area contributed by atoms with Crippen LogP contribution in [0.3, 0.4) is 0 Å². The van der Waals surface area contributed by atoms with Crippen LogP contribution in [-0.2, 0) is 11.2 Å². The van der Waals surface area contributed by atoms with E-state index >= 15 is 0 Å². The number of hydrogen-bond donors (Lipinski definition) is 2. The fourth-order valence-corrected chi connectivity index (χ4v) is 3.09. The van der Waals surface area contributed by atoms with Gasteiger partial charge in [0.15, 0.2) is 0 Å². The highest BCUT2D eigenvalue weighted by atomic mass is 16.4. The molecule has 0 saturated carbocycles. The van der Waals surface area contributed by atoms with Gasteiger partial charge in [0.25, 0.3) is 0 Å². The first kappa shape index (κ1) is 17.7. The van der Waals surface area contributed by atoms with E-state index in [0.29, 0.717) is 12.3 Å². The average Bonchev–Trinajstić information content (AvgIpc) is 2.35. The lowest BCUT2D eigenvalue weighted by Crippen LogP contribution is -2.46. The Kier molecular flexibility index (Phi) is 5.97. The Morgan fingerprint density at radius 2 is 1.81 bits per heavy atom. The number of carboxylic acid groups (broad SMARTS) is 1. The molecule has 0 fully saturated rings. The van der Waals surface area contributed by atoms with Crippen LogP contribution < -0.4 is 5.73 Å². The van der Waals surface area contributed by atoms with Crippen molar-refractivity contribution in [1.82, 2.24) is 0 Å². The maximum atomic E-state index is 11.2. The Labute approximate surface area is 128 Å². The lowest BCUT2D eigenvalue weighted by molar-refractivity contribution is -0.143. The van der Waals surface area contributed by atoms with Crippen molar-refractivity contribution in [3.05, 3.63) is 34.4 Å². The standard InChI is InChI=1S/C18H29NO2/c1-6-15(11-18(5,19)17(20)21)7-8-16-13(3)9-12(2)10-14(16)4/h9-10,15H,6-8,11,19H2,1-5H3,(H,20,21). The van der Waals surface area contributed by atoms with Crippen molar-refractivity contribution >= 4 is 5.97 Å². The zero-order valence-electron chi connectivity index (χ0n) is 14.0. The molecule has 0 amide bonds. The molecule has 3 heteroatoms. The predicted octanol–water partition coefficient (Wildman–Crippen LogP) is 3.76. The number of aryl methyl sites for hydroxylation is 3. The van der Waals surface area contributed by atoms with E-state index in [1.807, 2.05) is 0 Å². The topological polar surface area (TPSA) is 63.3 Å². The van der Waals surface area contributed by atoms with E-state index < -0.39 is 11.5 Å². The Morgan fingerprint density at radius 3 is 2.24 bits per heavy atom. The molecule has 0 bridgehead atoms. The number of aliphatic carboxylic acids is 1. The van der Waals surface area contributed by atoms with Crippen LogP contribution in [0.4, 0.5) is 0 Å². The third-order valence-corrected chi connectivity index (χ3v) is 4.42. The largest absolute Gasteiger partial charge is 0.480 e. The first-order valence-corrected chi connectivity index (χ1v) is 7.76. The lowest BCUT2D eigenvalue weighted by atomic mass is 9.83. The zero-order valence-corrected chi connectivity index (χ0v) is 14.0. The van der Waals surface area contributed by atoms with Crippen LogP contribution in [0.2, 0.25) is 0 Å². The van der Waals surface area contributed by atoms with Gasteiger partial charge in [0, 0.05) is 0 Å². The molecule has 21 heavy (non-hydrogen) atoms. The lowest BCUT2D eigenvalue weighted by Gasteiger charge is -2.25. The molecule has 0 aliphatic carbocycles. The number of carboxylic acids is 1. The monoisotopic (exact) mass is 291 g/mol. The molecule has 1 aromatic carbocycles. The summed E-state index contributed by atoms with van der Waals surface area (Å²) in [6.07, 6.45) is 3.47. The molecule has 0 aromatic heterocycles. The fraction of sp³-hybridized carbons (Fsp3) is 0.611. The molecule has 0 heterocycles. The summed E-state index contributed by atoms with van der Waals surface area (Å²) in [6.45, 7) is 10.1. The maximum Gasteiger partial charge on any atom is 0.323 e. The van der Waals surface area contributed by atoms with Gasteiger partial charge in [-0.2, -0.15) is 0 Å². The highest BCUT2D eigenvalue weighted by molar-refractivity contribution is 5.77. The van der Waals surface area contributed by atoms with Gasteiger partial charge in [-0.25, -0.2) is 0 Å². The van der Waals surface area contributed by atoms with Crippen molar-refractivity contribution < 1.29 is 9.90 Å². The summed E-state index contributed by atoms with van der Waals surface area (Å²) in [6, 6.07) is 4.43. The van der Waals surface area contributed by atoms with Gasteiger partial charge in [-0.15, -0.1) is 0 Å². The summed E-state index contributed by atoms with van der Waals surface area (Å²) in [5.41, 5.74) is 10.1. The van der Waals surface area contributed by atoms with Crippen molar-refractivity contribution in [3.8, 4) is 0 Å². The fourth-order valence-electron chi connectivity index (χ4n) is 3.09. The van der Waals surface area contributed by atoms with Crippen LogP contribution in [0.25, 0.3) is 0 Å². The minimum Gasteiger partial charge on any atom is -0.480 e. The third-order valence-electron chi connectivity index (χ3n) is 4.42. The first-order valence-electron chi connectivity index (χ1n) is 7.76. The molecule has 3 nitrogen and oxygen atoms in total. The van der Waals surface area contributed by atoms with E-state index in [-0.39, 0.29) is 0 Å². The quantitative estimate of drug-likeness (QED) is 0.804. The number of rotatable bonds is 7. The number of benzene rings is 1. The van der Waals surface area contributed by atoms with E-state index in [4.69, 9.17) is 10.8 Å². The van der Waals surface area contributed by atoms with Gasteiger partial charge in [0.2, 0.25) is 0 Å². The van der Waals surface area contributed by atoms with Crippen molar-refractivity contribution in [2.75, 3.05) is 0 Å². The van der Waals surface area contributed by atoms with Gasteiger partial charge < -0.3 is 10.8 Å². The Morgan fingerprint density at radius 1 is 1.29 bits per heavy atom. The summed E-state index contributed by atoms with van der Waals surface area (Å²) < 4.78 is 0. The molecule has 1 rings (SSSR count). The Balaban J connectivity index is 2.75. The van der Waals surface area contributed by atoms with Crippen LogP contribution >= 0.6 is 0 Å². The third kappa shape index (κ3) is 4.85. The van der Waals surface area contributed by atoms with Crippen LogP contribution in [0.1, 0.15) is 55.4 Å². The molecular formula is C18H29NO2. The van der Waals surface area contributed by atoms with E-state index in [9.17, 15) is 4.79 Å². The van der Waals surface area contributed by atoms with Gasteiger partial charge in [-0.05, 0) is 69.6 Å². The van der Waals surface area contributed by atoms with Crippen molar-refractivity contribution in [3.63, 3.8) is 0 Å². The van der Waals surface area contributed by atoms with E-state index in [2.05, 4.69) is 39.8 Å². The van der Waals surface area contributed by atoms with E-state index in [1.165, 1.54) is 22.3 Å². The molecule has 118 valence electrons. The minimum absolute atomic E-state index is 0.344. The van der Waals surface area contributed by atoms with Crippen molar-refractivity contribution in [2.24, 2.45) is 11.7 Å². The second-order valence-corrected chi connectivity index (χ2v) is 6.62. The SMILES string of the molecule is CCC(CCc1c(C)cc(C)cc1C)CC(C)(N)C(=O)O. The highest BCUT2D eigenvalue weighted by Crippen LogP contribution is 2.25. The summed E-state index contributed by atoms with van der Waals surface area (Å²) in [4.78, 5) is 11.2. The molecule has 0 radical (unpaired) electrons. The molecule has 0 saturated heterocycles. The maximum absolute atomic E-state index is 11.2. The second-order valence-electron chi connectivity index (χ2n) is 6.62. The normalized spacial score (nSPS) is 15.5. The molecule has 3 N–H and O–H groups in total. The van der Waals surface area contributed by atoms with Gasteiger partial charge in [0.1, 0.15) is 5.54 Å². The minimum atomic E-state index is -1.13. The Hall–Kier alpha value is -1.35. The molecular weight excluding hydrogens is 262 g/mol. The summed E-state index contributed by atoms with van der Waals surface area (Å²) in [5.74, 6) is -0.570. The zero-order chi connectivity index (χ0) is 16.2.